The van der Waals surface area contributed by atoms with Gasteiger partial charge in [0.1, 0.15) is 0 Å². The Hall–Kier alpha value is -2.57. The number of aliphatic carboxylic acids is 1. The van der Waals surface area contributed by atoms with E-state index in [1.54, 1.807) is 4.90 Å². The largest absolute Gasteiger partial charge is 0.481 e. The first kappa shape index (κ1) is 19.8. The van der Waals surface area contributed by atoms with Gasteiger partial charge < -0.3 is 20.2 Å². The zero-order valence-electron chi connectivity index (χ0n) is 15.0. The third-order valence-electron chi connectivity index (χ3n) is 4.45. The Morgan fingerprint density at radius 2 is 1.65 bits per heavy atom. The second-order valence-electron chi connectivity index (χ2n) is 6.44. The van der Waals surface area contributed by atoms with Crippen LogP contribution in [-0.4, -0.2) is 65.5 Å². The van der Waals surface area contributed by atoms with Crippen molar-refractivity contribution in [2.45, 2.75) is 32.1 Å². The Balaban J connectivity index is 1.71. The molecule has 1 aliphatic heterocycles. The van der Waals surface area contributed by atoms with Crippen molar-refractivity contribution in [2.24, 2.45) is 0 Å². The monoisotopic (exact) mass is 361 g/mol. The molecule has 1 saturated heterocycles. The number of carbonyl (C=O) groups is 3. The smallest absolute Gasteiger partial charge is 0.317 e. The third kappa shape index (κ3) is 6.74. The van der Waals surface area contributed by atoms with Gasteiger partial charge in [-0.1, -0.05) is 30.3 Å². The molecule has 2 N–H and O–H groups in total. The van der Waals surface area contributed by atoms with Crippen molar-refractivity contribution < 1.29 is 19.5 Å². The molecule has 7 nitrogen and oxygen atoms in total. The molecule has 0 spiro atoms. The van der Waals surface area contributed by atoms with Crippen molar-refractivity contribution in [1.82, 2.24) is 15.1 Å². The van der Waals surface area contributed by atoms with Crippen LogP contribution in [0.25, 0.3) is 0 Å². The quantitative estimate of drug-likeness (QED) is 0.724. The highest BCUT2D eigenvalue weighted by Gasteiger charge is 2.21. The van der Waals surface area contributed by atoms with E-state index in [0.717, 1.165) is 18.4 Å². The molecule has 142 valence electrons. The molecule has 0 bridgehead atoms. The van der Waals surface area contributed by atoms with Gasteiger partial charge in [-0.05, 0) is 24.8 Å². The minimum absolute atomic E-state index is 0.0456. The summed E-state index contributed by atoms with van der Waals surface area (Å²) >= 11 is 0. The molecule has 1 heterocycles. The fourth-order valence-corrected chi connectivity index (χ4v) is 2.97. The van der Waals surface area contributed by atoms with E-state index >= 15 is 0 Å². The lowest BCUT2D eigenvalue weighted by Gasteiger charge is -2.22. The van der Waals surface area contributed by atoms with Crippen molar-refractivity contribution in [3.05, 3.63) is 35.9 Å². The van der Waals surface area contributed by atoms with Gasteiger partial charge in [0.25, 0.3) is 0 Å². The fourth-order valence-electron chi connectivity index (χ4n) is 2.97. The Labute approximate surface area is 154 Å². The average Bonchev–Trinajstić information content (AvgIpc) is 2.90. The number of amides is 3. The second kappa shape index (κ2) is 10.4. The summed E-state index contributed by atoms with van der Waals surface area (Å²) in [6.07, 6.45) is 2.41. The van der Waals surface area contributed by atoms with Crippen LogP contribution in [-0.2, 0) is 16.0 Å². The molecule has 1 fully saturated rings. The molecule has 1 aliphatic rings. The van der Waals surface area contributed by atoms with Crippen molar-refractivity contribution in [2.75, 3.05) is 32.7 Å². The number of nitrogens with zero attached hydrogens (tertiary/aromatic N) is 2. The number of carbonyl (C=O) groups excluding carboxylic acids is 2. The first-order valence-corrected chi connectivity index (χ1v) is 9.12. The maximum Gasteiger partial charge on any atom is 0.317 e. The molecule has 0 radical (unpaired) electrons. The number of aryl methyl sites for hydroxylation is 1. The van der Waals surface area contributed by atoms with Gasteiger partial charge >= 0.3 is 12.0 Å². The highest BCUT2D eigenvalue weighted by molar-refractivity contribution is 5.77. The minimum atomic E-state index is -0.862. The van der Waals surface area contributed by atoms with E-state index in [1.165, 1.54) is 0 Å². The Kier molecular flexibility index (Phi) is 7.92. The highest BCUT2D eigenvalue weighted by atomic mass is 16.4. The van der Waals surface area contributed by atoms with E-state index in [4.69, 9.17) is 5.11 Å². The van der Waals surface area contributed by atoms with E-state index < -0.39 is 5.97 Å². The standard InChI is InChI=1S/C19H27N3O4/c23-17(10-9-16-6-2-1-3-7-16)21-12-5-13-22(15-14-21)19(26)20-11-4-8-18(24)25/h1-3,6-7H,4-5,8-15H2,(H,20,26)(H,24,25). The molecule has 0 aliphatic carbocycles. The number of carboxylic acids is 1. The number of hydrogen-bond donors (Lipinski definition) is 2. The highest BCUT2D eigenvalue weighted by Crippen LogP contribution is 2.08. The van der Waals surface area contributed by atoms with E-state index in [1.807, 2.05) is 35.2 Å². The lowest BCUT2D eigenvalue weighted by Crippen LogP contribution is -2.43. The Morgan fingerprint density at radius 1 is 0.962 bits per heavy atom. The minimum Gasteiger partial charge on any atom is -0.481 e. The lowest BCUT2D eigenvalue weighted by molar-refractivity contribution is -0.137. The van der Waals surface area contributed by atoms with Crippen LogP contribution in [0.4, 0.5) is 4.79 Å². The van der Waals surface area contributed by atoms with Crippen LogP contribution in [0.1, 0.15) is 31.2 Å². The van der Waals surface area contributed by atoms with Gasteiger partial charge in [0.05, 0.1) is 0 Å². The van der Waals surface area contributed by atoms with Crippen LogP contribution in [0.15, 0.2) is 30.3 Å². The maximum absolute atomic E-state index is 12.4. The summed E-state index contributed by atoms with van der Waals surface area (Å²) < 4.78 is 0. The molecular weight excluding hydrogens is 334 g/mol. The zero-order valence-corrected chi connectivity index (χ0v) is 15.0. The summed E-state index contributed by atoms with van der Waals surface area (Å²) in [4.78, 5) is 38.6. The number of benzene rings is 1. The van der Waals surface area contributed by atoms with Crippen LogP contribution in [0, 0.1) is 0 Å². The van der Waals surface area contributed by atoms with E-state index in [2.05, 4.69) is 5.32 Å². The van der Waals surface area contributed by atoms with E-state index in [-0.39, 0.29) is 18.4 Å². The van der Waals surface area contributed by atoms with Crippen molar-refractivity contribution in [3.8, 4) is 0 Å². The Morgan fingerprint density at radius 3 is 2.38 bits per heavy atom. The van der Waals surface area contributed by atoms with Crippen LogP contribution in [0.3, 0.4) is 0 Å². The summed E-state index contributed by atoms with van der Waals surface area (Å²) in [5.74, 6) is -0.740. The van der Waals surface area contributed by atoms with Crippen LogP contribution >= 0.6 is 0 Å². The third-order valence-corrected chi connectivity index (χ3v) is 4.45. The second-order valence-corrected chi connectivity index (χ2v) is 6.44. The fraction of sp³-hybridized carbons (Fsp3) is 0.526. The molecule has 0 unspecified atom stereocenters. The molecule has 26 heavy (non-hydrogen) atoms. The normalized spacial score (nSPS) is 14.6. The van der Waals surface area contributed by atoms with Gasteiger partial charge in [-0.15, -0.1) is 0 Å². The van der Waals surface area contributed by atoms with E-state index in [0.29, 0.717) is 45.6 Å². The van der Waals surface area contributed by atoms with Gasteiger partial charge in [-0.25, -0.2) is 4.79 Å². The van der Waals surface area contributed by atoms with Crippen LogP contribution in [0.2, 0.25) is 0 Å². The molecular formula is C19H27N3O4. The van der Waals surface area contributed by atoms with E-state index in [9.17, 15) is 14.4 Å². The number of rotatable bonds is 7. The molecule has 0 atom stereocenters. The molecule has 1 aromatic rings. The van der Waals surface area contributed by atoms with Crippen molar-refractivity contribution >= 4 is 17.9 Å². The molecule has 0 aromatic heterocycles. The topological polar surface area (TPSA) is 89.9 Å². The predicted molar refractivity (Wildman–Crippen MR) is 97.8 cm³/mol. The molecule has 1 aromatic carbocycles. The first-order valence-electron chi connectivity index (χ1n) is 9.12. The number of nitrogens with one attached hydrogen (secondary N) is 1. The van der Waals surface area contributed by atoms with Crippen molar-refractivity contribution in [3.63, 3.8) is 0 Å². The lowest BCUT2D eigenvalue weighted by atomic mass is 10.1. The summed E-state index contributed by atoms with van der Waals surface area (Å²) in [7, 11) is 0. The molecule has 3 amide bonds. The van der Waals surface area contributed by atoms with Gasteiger partial charge in [0, 0.05) is 45.6 Å². The van der Waals surface area contributed by atoms with Crippen molar-refractivity contribution in [1.29, 1.82) is 0 Å². The molecule has 7 heteroatoms. The first-order chi connectivity index (χ1) is 12.6. The summed E-state index contributed by atoms with van der Waals surface area (Å²) in [6.45, 7) is 2.66. The predicted octanol–water partition coefficient (Wildman–Crippen LogP) is 1.73. The van der Waals surface area contributed by atoms with Gasteiger partial charge in [0.15, 0.2) is 0 Å². The number of hydrogen-bond acceptors (Lipinski definition) is 3. The number of urea groups is 1. The van der Waals surface area contributed by atoms with Gasteiger partial charge in [-0.3, -0.25) is 9.59 Å². The summed E-state index contributed by atoms with van der Waals surface area (Å²) in [6, 6.07) is 9.76. The number of carboxylic acid groups (broad SMARTS) is 1. The SMILES string of the molecule is O=C(O)CCCNC(=O)N1CCCN(C(=O)CCc2ccccc2)CC1. The van der Waals surface area contributed by atoms with Gasteiger partial charge in [0.2, 0.25) is 5.91 Å². The van der Waals surface area contributed by atoms with Crippen LogP contribution < -0.4 is 5.32 Å². The maximum atomic E-state index is 12.4. The zero-order chi connectivity index (χ0) is 18.8. The summed E-state index contributed by atoms with van der Waals surface area (Å²) in [5, 5.41) is 11.3. The average molecular weight is 361 g/mol. The molecule has 0 saturated carbocycles. The van der Waals surface area contributed by atoms with Crippen LogP contribution in [0.5, 0.6) is 0 Å². The Bertz CT molecular complexity index is 606. The molecule has 2 rings (SSSR count). The summed E-state index contributed by atoms with van der Waals surface area (Å²) in [5.41, 5.74) is 1.15. The van der Waals surface area contributed by atoms with Gasteiger partial charge in [-0.2, -0.15) is 0 Å².